The first-order chi connectivity index (χ1) is 8.75. The largest absolute Gasteiger partial charge is 0.382 e. The van der Waals surface area contributed by atoms with E-state index >= 15 is 0 Å². The van der Waals surface area contributed by atoms with E-state index in [1.54, 1.807) is 6.20 Å². The Morgan fingerprint density at radius 2 is 2.39 bits per heavy atom. The van der Waals surface area contributed by atoms with Crippen molar-refractivity contribution >= 4 is 11.6 Å². The second-order valence-corrected chi connectivity index (χ2v) is 4.70. The van der Waals surface area contributed by atoms with Gasteiger partial charge in [-0.15, -0.1) is 0 Å². The Morgan fingerprint density at radius 1 is 1.50 bits per heavy atom. The van der Waals surface area contributed by atoms with Crippen LogP contribution in [0, 0.1) is 6.92 Å². The number of rotatable bonds is 2. The number of nitrogens with one attached hydrogen (secondary N) is 1. The number of aromatic nitrogens is 3. The SMILES string of the molecule is Cc1nc(N2CCCC2c2cccnc2)c(N)[nH]1. The van der Waals surface area contributed by atoms with Crippen LogP contribution >= 0.6 is 0 Å². The third kappa shape index (κ3) is 1.81. The van der Waals surface area contributed by atoms with Crippen molar-refractivity contribution in [2.24, 2.45) is 0 Å². The van der Waals surface area contributed by atoms with E-state index in [1.807, 2.05) is 19.2 Å². The molecule has 0 aliphatic carbocycles. The molecule has 3 heterocycles. The maximum atomic E-state index is 5.99. The Morgan fingerprint density at radius 3 is 3.06 bits per heavy atom. The zero-order valence-corrected chi connectivity index (χ0v) is 10.4. The number of aryl methyl sites for hydroxylation is 1. The molecule has 1 aliphatic rings. The third-order valence-electron chi connectivity index (χ3n) is 3.42. The lowest BCUT2D eigenvalue weighted by atomic mass is 10.1. The van der Waals surface area contributed by atoms with Crippen LogP contribution in [0.1, 0.15) is 30.3 Å². The van der Waals surface area contributed by atoms with Crippen molar-refractivity contribution in [3.63, 3.8) is 0 Å². The van der Waals surface area contributed by atoms with Crippen molar-refractivity contribution in [1.29, 1.82) is 0 Å². The second kappa shape index (κ2) is 4.33. The van der Waals surface area contributed by atoms with Crippen LogP contribution < -0.4 is 10.6 Å². The molecular weight excluding hydrogens is 226 g/mol. The number of anilines is 2. The summed E-state index contributed by atoms with van der Waals surface area (Å²) in [5, 5.41) is 0. The summed E-state index contributed by atoms with van der Waals surface area (Å²) in [7, 11) is 0. The van der Waals surface area contributed by atoms with Gasteiger partial charge in [-0.2, -0.15) is 0 Å². The van der Waals surface area contributed by atoms with E-state index < -0.39 is 0 Å². The predicted molar refractivity (Wildman–Crippen MR) is 71.3 cm³/mol. The molecule has 3 rings (SSSR count). The summed E-state index contributed by atoms with van der Waals surface area (Å²) in [4.78, 5) is 14.0. The summed E-state index contributed by atoms with van der Waals surface area (Å²) in [5.74, 6) is 2.39. The maximum absolute atomic E-state index is 5.99. The molecule has 0 radical (unpaired) electrons. The molecule has 5 nitrogen and oxygen atoms in total. The van der Waals surface area contributed by atoms with Crippen LogP contribution in [0.25, 0.3) is 0 Å². The third-order valence-corrected chi connectivity index (χ3v) is 3.42. The fourth-order valence-corrected chi connectivity index (χ4v) is 2.66. The molecule has 1 fully saturated rings. The van der Waals surface area contributed by atoms with E-state index in [2.05, 4.69) is 25.9 Å². The van der Waals surface area contributed by atoms with Crippen molar-refractivity contribution in [3.05, 3.63) is 35.9 Å². The van der Waals surface area contributed by atoms with E-state index in [4.69, 9.17) is 5.73 Å². The summed E-state index contributed by atoms with van der Waals surface area (Å²) in [6, 6.07) is 4.43. The van der Waals surface area contributed by atoms with Crippen molar-refractivity contribution < 1.29 is 0 Å². The topological polar surface area (TPSA) is 70.8 Å². The lowest BCUT2D eigenvalue weighted by molar-refractivity contribution is 0.710. The zero-order valence-electron chi connectivity index (χ0n) is 10.4. The average Bonchev–Trinajstić information content (AvgIpc) is 2.96. The molecule has 0 saturated carbocycles. The first-order valence-corrected chi connectivity index (χ1v) is 6.24. The molecule has 2 aromatic rings. The van der Waals surface area contributed by atoms with Gasteiger partial charge in [-0.1, -0.05) is 6.07 Å². The minimum atomic E-state index is 0.337. The molecule has 1 unspecified atom stereocenters. The minimum Gasteiger partial charge on any atom is -0.382 e. The number of hydrogen-bond donors (Lipinski definition) is 2. The molecule has 0 bridgehead atoms. The van der Waals surface area contributed by atoms with Crippen LogP contribution in [0.5, 0.6) is 0 Å². The van der Waals surface area contributed by atoms with Crippen LogP contribution in [-0.4, -0.2) is 21.5 Å². The molecule has 0 spiro atoms. The Hall–Kier alpha value is -2.04. The molecule has 1 saturated heterocycles. The smallest absolute Gasteiger partial charge is 0.171 e. The maximum Gasteiger partial charge on any atom is 0.171 e. The fourth-order valence-electron chi connectivity index (χ4n) is 2.66. The number of imidazole rings is 1. The summed E-state index contributed by atoms with van der Waals surface area (Å²) in [6.45, 7) is 2.92. The van der Waals surface area contributed by atoms with Crippen molar-refractivity contribution in [3.8, 4) is 0 Å². The van der Waals surface area contributed by atoms with Crippen LogP contribution in [-0.2, 0) is 0 Å². The number of hydrogen-bond acceptors (Lipinski definition) is 4. The molecule has 2 aromatic heterocycles. The van der Waals surface area contributed by atoms with E-state index in [1.165, 1.54) is 5.56 Å². The van der Waals surface area contributed by atoms with E-state index in [0.717, 1.165) is 31.0 Å². The summed E-state index contributed by atoms with van der Waals surface area (Å²) < 4.78 is 0. The number of nitrogen functional groups attached to an aromatic ring is 1. The molecule has 18 heavy (non-hydrogen) atoms. The highest BCUT2D eigenvalue weighted by Gasteiger charge is 2.29. The van der Waals surface area contributed by atoms with Gasteiger partial charge in [-0.05, 0) is 31.4 Å². The Kier molecular flexibility index (Phi) is 2.66. The summed E-state index contributed by atoms with van der Waals surface area (Å²) in [6.07, 6.45) is 6.01. The van der Waals surface area contributed by atoms with Gasteiger partial charge in [-0.25, -0.2) is 4.98 Å². The van der Waals surface area contributed by atoms with Gasteiger partial charge in [0.05, 0.1) is 6.04 Å². The highest BCUT2D eigenvalue weighted by Crippen LogP contribution is 2.37. The first-order valence-electron chi connectivity index (χ1n) is 6.24. The molecule has 1 aliphatic heterocycles. The van der Waals surface area contributed by atoms with Gasteiger partial charge < -0.3 is 15.6 Å². The number of pyridine rings is 1. The number of nitrogens with two attached hydrogens (primary N) is 1. The van der Waals surface area contributed by atoms with E-state index in [9.17, 15) is 0 Å². The second-order valence-electron chi connectivity index (χ2n) is 4.70. The standard InChI is InChI=1S/C13H17N5/c1-9-16-12(14)13(17-9)18-7-3-5-11(18)10-4-2-6-15-8-10/h2,4,6,8,11H,3,5,7,14H2,1H3,(H,16,17). The number of aromatic amines is 1. The molecule has 1 atom stereocenters. The summed E-state index contributed by atoms with van der Waals surface area (Å²) in [5.41, 5.74) is 7.22. The molecule has 5 heteroatoms. The van der Waals surface area contributed by atoms with E-state index in [0.29, 0.717) is 11.9 Å². The fraction of sp³-hybridized carbons (Fsp3) is 0.385. The Balaban J connectivity index is 1.95. The van der Waals surface area contributed by atoms with Gasteiger partial charge in [0.2, 0.25) is 0 Å². The van der Waals surface area contributed by atoms with Crippen molar-refractivity contribution in [2.75, 3.05) is 17.2 Å². The Labute approximate surface area is 106 Å². The molecular formula is C13H17N5. The van der Waals surface area contributed by atoms with Crippen LogP contribution in [0.2, 0.25) is 0 Å². The first kappa shape index (κ1) is 11.1. The lowest BCUT2D eigenvalue weighted by Gasteiger charge is -2.25. The average molecular weight is 243 g/mol. The molecule has 0 aromatic carbocycles. The van der Waals surface area contributed by atoms with Gasteiger partial charge in [-0.3, -0.25) is 4.98 Å². The number of H-pyrrole nitrogens is 1. The monoisotopic (exact) mass is 243 g/mol. The summed E-state index contributed by atoms with van der Waals surface area (Å²) >= 11 is 0. The van der Waals surface area contributed by atoms with Gasteiger partial charge in [0.15, 0.2) is 5.82 Å². The van der Waals surface area contributed by atoms with Crippen LogP contribution in [0.3, 0.4) is 0 Å². The number of nitrogens with zero attached hydrogens (tertiary/aromatic N) is 3. The van der Waals surface area contributed by atoms with Crippen LogP contribution in [0.15, 0.2) is 24.5 Å². The molecule has 94 valence electrons. The van der Waals surface area contributed by atoms with Gasteiger partial charge in [0, 0.05) is 18.9 Å². The molecule has 3 N–H and O–H groups in total. The zero-order chi connectivity index (χ0) is 12.5. The molecule has 0 amide bonds. The van der Waals surface area contributed by atoms with E-state index in [-0.39, 0.29) is 0 Å². The lowest BCUT2D eigenvalue weighted by Crippen LogP contribution is -2.23. The van der Waals surface area contributed by atoms with Gasteiger partial charge in [0.25, 0.3) is 0 Å². The highest BCUT2D eigenvalue weighted by atomic mass is 15.3. The van der Waals surface area contributed by atoms with Crippen LogP contribution in [0.4, 0.5) is 11.6 Å². The predicted octanol–water partition coefficient (Wildman–Crippen LogP) is 2.04. The highest BCUT2D eigenvalue weighted by molar-refractivity contribution is 5.60. The quantitative estimate of drug-likeness (QED) is 0.846. The van der Waals surface area contributed by atoms with Crippen molar-refractivity contribution in [1.82, 2.24) is 15.0 Å². The Bertz CT molecular complexity index is 534. The normalized spacial score (nSPS) is 19.4. The van der Waals surface area contributed by atoms with Gasteiger partial charge in [0.1, 0.15) is 11.6 Å². The van der Waals surface area contributed by atoms with Crippen molar-refractivity contribution in [2.45, 2.75) is 25.8 Å². The minimum absolute atomic E-state index is 0.337. The van der Waals surface area contributed by atoms with Gasteiger partial charge >= 0.3 is 0 Å².